The molecule has 1 atom stereocenters. The minimum Gasteiger partial charge on any atom is -0.469 e. The smallest absolute Gasteiger partial charge is 0.305 e. The number of halogens is 1. The van der Waals surface area contributed by atoms with Gasteiger partial charge in [-0.25, -0.2) is 0 Å². The summed E-state index contributed by atoms with van der Waals surface area (Å²) in [5, 5.41) is 11.8. The van der Waals surface area contributed by atoms with Gasteiger partial charge in [0.05, 0.1) is 13.2 Å². The van der Waals surface area contributed by atoms with E-state index in [1.165, 1.54) is 18.4 Å². The van der Waals surface area contributed by atoms with Crippen molar-refractivity contribution >= 4 is 40.8 Å². The van der Waals surface area contributed by atoms with Crippen LogP contribution in [0.3, 0.4) is 0 Å². The third-order valence-electron chi connectivity index (χ3n) is 3.33. The fourth-order valence-electron chi connectivity index (χ4n) is 2.05. The number of ether oxygens (including phenoxy) is 1. The van der Waals surface area contributed by atoms with Crippen molar-refractivity contribution in [2.45, 2.75) is 31.7 Å². The van der Waals surface area contributed by atoms with Gasteiger partial charge >= 0.3 is 5.97 Å². The number of aryl methyl sites for hydroxylation is 1. The summed E-state index contributed by atoms with van der Waals surface area (Å²) in [4.78, 5) is 23.2. The number of esters is 1. The molecule has 2 rings (SSSR count). The molecule has 1 heterocycles. The summed E-state index contributed by atoms with van der Waals surface area (Å²) in [6, 6.07) is 8.93. The van der Waals surface area contributed by atoms with E-state index in [9.17, 15) is 9.59 Å². The van der Waals surface area contributed by atoms with Crippen molar-refractivity contribution in [1.29, 1.82) is 0 Å². The molecule has 0 aliphatic carbocycles. The predicted octanol–water partition coefficient (Wildman–Crippen LogP) is 1.96. The Morgan fingerprint density at radius 3 is 2.68 bits per heavy atom. The molecule has 25 heavy (non-hydrogen) atoms. The van der Waals surface area contributed by atoms with Gasteiger partial charge in [-0.05, 0) is 18.4 Å². The van der Waals surface area contributed by atoms with Crippen LogP contribution in [0.4, 0.5) is 5.13 Å². The molecule has 1 aromatic carbocycles. The molecule has 9 heteroatoms. The molecular formula is C16H21ClN4O3S. The van der Waals surface area contributed by atoms with Crippen molar-refractivity contribution in [1.82, 2.24) is 10.2 Å². The summed E-state index contributed by atoms with van der Waals surface area (Å²) in [6.07, 6.45) is 2.03. The van der Waals surface area contributed by atoms with E-state index in [1.807, 2.05) is 30.3 Å². The zero-order valence-corrected chi connectivity index (χ0v) is 15.4. The lowest BCUT2D eigenvalue weighted by Gasteiger charge is -2.10. The highest BCUT2D eigenvalue weighted by atomic mass is 35.5. The van der Waals surface area contributed by atoms with E-state index in [2.05, 4.69) is 20.3 Å². The van der Waals surface area contributed by atoms with Crippen LogP contribution in [-0.4, -0.2) is 35.2 Å². The first-order valence-electron chi connectivity index (χ1n) is 7.58. The van der Waals surface area contributed by atoms with Gasteiger partial charge in [-0.3, -0.25) is 14.9 Å². The monoisotopic (exact) mass is 384 g/mol. The minimum absolute atomic E-state index is 0. The lowest BCUT2D eigenvalue weighted by molar-refractivity contribution is -0.140. The van der Waals surface area contributed by atoms with E-state index < -0.39 is 6.04 Å². The van der Waals surface area contributed by atoms with Crippen molar-refractivity contribution in [3.8, 4) is 0 Å². The largest absolute Gasteiger partial charge is 0.469 e. The molecule has 1 amide bonds. The van der Waals surface area contributed by atoms with Crippen LogP contribution in [0.2, 0.25) is 0 Å². The third kappa shape index (κ3) is 7.16. The number of hydrogen-bond donors (Lipinski definition) is 2. The zero-order valence-electron chi connectivity index (χ0n) is 13.8. The first-order valence-corrected chi connectivity index (χ1v) is 8.39. The van der Waals surface area contributed by atoms with Crippen LogP contribution >= 0.6 is 23.7 Å². The number of anilines is 1. The van der Waals surface area contributed by atoms with Gasteiger partial charge in [0.1, 0.15) is 5.01 Å². The van der Waals surface area contributed by atoms with Crippen LogP contribution in [0, 0.1) is 0 Å². The molecule has 7 nitrogen and oxygen atoms in total. The maximum absolute atomic E-state index is 12.1. The van der Waals surface area contributed by atoms with Gasteiger partial charge in [0.2, 0.25) is 11.0 Å². The first kappa shape index (κ1) is 21.0. The van der Waals surface area contributed by atoms with Gasteiger partial charge in [0.25, 0.3) is 0 Å². The van der Waals surface area contributed by atoms with E-state index in [0.29, 0.717) is 30.8 Å². The second-order valence-electron chi connectivity index (χ2n) is 5.22. The molecule has 3 N–H and O–H groups in total. The Kier molecular flexibility index (Phi) is 9.04. The highest BCUT2D eigenvalue weighted by molar-refractivity contribution is 7.15. The average molecular weight is 385 g/mol. The van der Waals surface area contributed by atoms with Crippen LogP contribution in [0.15, 0.2) is 30.3 Å². The molecule has 0 saturated carbocycles. The van der Waals surface area contributed by atoms with Crippen LogP contribution < -0.4 is 11.1 Å². The average Bonchev–Trinajstić information content (AvgIpc) is 3.02. The second kappa shape index (κ2) is 10.8. The number of carbonyl (C=O) groups is 2. The van der Waals surface area contributed by atoms with Crippen molar-refractivity contribution in [3.63, 3.8) is 0 Å². The number of hydrogen-bond acceptors (Lipinski definition) is 7. The summed E-state index contributed by atoms with van der Waals surface area (Å²) in [5.41, 5.74) is 6.93. The highest BCUT2D eigenvalue weighted by Crippen LogP contribution is 2.17. The Morgan fingerprint density at radius 2 is 2.00 bits per heavy atom. The molecule has 0 radical (unpaired) electrons. The molecule has 0 saturated heterocycles. The molecule has 0 aliphatic rings. The van der Waals surface area contributed by atoms with Crippen LogP contribution in [0.1, 0.15) is 23.4 Å². The van der Waals surface area contributed by atoms with Crippen LogP contribution in [-0.2, 0) is 27.2 Å². The van der Waals surface area contributed by atoms with Crippen molar-refractivity contribution in [2.75, 3.05) is 12.4 Å². The fraction of sp³-hybridized carbons (Fsp3) is 0.375. The Balaban J connectivity index is 0.00000312. The maximum Gasteiger partial charge on any atom is 0.305 e. The number of rotatable bonds is 8. The number of amides is 1. The SMILES string of the molecule is COC(=O)CCCc1nnc(NC(=O)[C@@H](N)Cc2ccccc2)s1.Cl. The Bertz CT molecular complexity index is 681. The molecule has 2 aromatic rings. The van der Waals surface area contributed by atoms with Gasteiger partial charge in [0, 0.05) is 12.8 Å². The van der Waals surface area contributed by atoms with Gasteiger partial charge in [-0.1, -0.05) is 41.7 Å². The third-order valence-corrected chi connectivity index (χ3v) is 4.23. The summed E-state index contributed by atoms with van der Waals surface area (Å²) in [5.74, 6) is -0.545. The Hall–Kier alpha value is -2.03. The number of nitrogens with two attached hydrogens (primary N) is 1. The van der Waals surface area contributed by atoms with Crippen LogP contribution in [0.5, 0.6) is 0 Å². The standard InChI is InChI=1S/C16H20N4O3S.ClH/c1-23-14(21)9-5-8-13-19-20-16(24-13)18-15(22)12(17)10-11-6-3-2-4-7-11;/h2-4,6-7,12H,5,8-10,17H2,1H3,(H,18,20,22);1H/t12-;/m0./s1. The van der Waals surface area contributed by atoms with E-state index >= 15 is 0 Å². The normalized spacial score (nSPS) is 11.3. The lowest BCUT2D eigenvalue weighted by atomic mass is 10.1. The molecule has 0 bridgehead atoms. The Labute approximate surface area is 156 Å². The zero-order chi connectivity index (χ0) is 17.4. The fourth-order valence-corrected chi connectivity index (χ4v) is 2.83. The summed E-state index contributed by atoms with van der Waals surface area (Å²) < 4.78 is 4.58. The predicted molar refractivity (Wildman–Crippen MR) is 98.9 cm³/mol. The quantitative estimate of drug-likeness (QED) is 0.673. The number of methoxy groups -OCH3 is 1. The topological polar surface area (TPSA) is 107 Å². The number of benzene rings is 1. The molecular weight excluding hydrogens is 364 g/mol. The number of nitrogens with zero attached hydrogens (tertiary/aromatic N) is 2. The maximum atomic E-state index is 12.1. The summed E-state index contributed by atoms with van der Waals surface area (Å²) in [7, 11) is 1.36. The Morgan fingerprint density at radius 1 is 1.28 bits per heavy atom. The van der Waals surface area contributed by atoms with E-state index in [4.69, 9.17) is 5.73 Å². The number of aromatic nitrogens is 2. The minimum atomic E-state index is -0.654. The molecule has 136 valence electrons. The van der Waals surface area contributed by atoms with Gasteiger partial charge < -0.3 is 10.5 Å². The molecule has 0 fully saturated rings. The van der Waals surface area contributed by atoms with Gasteiger partial charge in [0.15, 0.2) is 0 Å². The lowest BCUT2D eigenvalue weighted by Crippen LogP contribution is -2.37. The molecule has 0 spiro atoms. The van der Waals surface area contributed by atoms with Crippen molar-refractivity contribution < 1.29 is 14.3 Å². The summed E-state index contributed by atoms with van der Waals surface area (Å²) >= 11 is 1.28. The number of nitrogens with one attached hydrogen (secondary N) is 1. The molecule has 1 aromatic heterocycles. The summed E-state index contributed by atoms with van der Waals surface area (Å²) in [6.45, 7) is 0. The first-order chi connectivity index (χ1) is 11.6. The van der Waals surface area contributed by atoms with E-state index in [1.54, 1.807) is 0 Å². The highest BCUT2D eigenvalue weighted by Gasteiger charge is 2.16. The van der Waals surface area contributed by atoms with E-state index in [0.717, 1.165) is 10.6 Å². The molecule has 0 unspecified atom stereocenters. The number of carbonyl (C=O) groups excluding carboxylic acids is 2. The van der Waals surface area contributed by atoms with Crippen LogP contribution in [0.25, 0.3) is 0 Å². The molecule has 0 aliphatic heterocycles. The second-order valence-corrected chi connectivity index (χ2v) is 6.28. The van der Waals surface area contributed by atoms with Gasteiger partial charge in [-0.15, -0.1) is 22.6 Å². The van der Waals surface area contributed by atoms with Gasteiger partial charge in [-0.2, -0.15) is 0 Å². The van der Waals surface area contributed by atoms with Crippen molar-refractivity contribution in [2.24, 2.45) is 5.73 Å². The van der Waals surface area contributed by atoms with E-state index in [-0.39, 0.29) is 24.3 Å². The van der Waals surface area contributed by atoms with Crippen molar-refractivity contribution in [3.05, 3.63) is 40.9 Å².